The number of methoxy groups -OCH3 is 1. The molecule has 0 bridgehead atoms. The molecule has 0 radical (unpaired) electrons. The number of thioether (sulfide) groups is 1. The molecule has 0 unspecified atom stereocenters. The number of ether oxygens (including phenoxy) is 1. The van der Waals surface area contributed by atoms with Crippen LogP contribution in [0.15, 0.2) is 29.3 Å². The zero-order chi connectivity index (χ0) is 14.7. The third-order valence-electron chi connectivity index (χ3n) is 2.84. The molecule has 106 valence electrons. The Morgan fingerprint density at radius 1 is 1.55 bits per heavy atom. The summed E-state index contributed by atoms with van der Waals surface area (Å²) in [4.78, 5) is 12.0. The monoisotopic (exact) mass is 293 g/mol. The molecule has 1 aromatic carbocycles. The van der Waals surface area contributed by atoms with Crippen molar-refractivity contribution in [2.75, 3.05) is 12.8 Å². The van der Waals surface area contributed by atoms with Crippen LogP contribution < -0.4 is 10.5 Å². The van der Waals surface area contributed by atoms with Crippen molar-refractivity contribution in [2.45, 2.75) is 10.6 Å². The molecule has 0 fully saturated rings. The summed E-state index contributed by atoms with van der Waals surface area (Å²) in [5.74, 6) is 0.185. The number of carboxylic acids is 1. The lowest BCUT2D eigenvalue weighted by molar-refractivity contribution is 0.0696. The van der Waals surface area contributed by atoms with Gasteiger partial charge in [-0.1, -0.05) is 0 Å². The van der Waals surface area contributed by atoms with Gasteiger partial charge in [-0.05, 0) is 12.1 Å². The molecule has 0 saturated carbocycles. The Balaban J connectivity index is 2.21. The van der Waals surface area contributed by atoms with E-state index in [9.17, 15) is 4.79 Å². The predicted octanol–water partition coefficient (Wildman–Crippen LogP) is 2.00. The molecular formula is C13H15N3O3S. The Kier molecular flexibility index (Phi) is 4.19. The first-order chi connectivity index (χ1) is 9.52. The second-order valence-corrected chi connectivity index (χ2v) is 5.15. The van der Waals surface area contributed by atoms with Crippen molar-refractivity contribution in [2.24, 2.45) is 7.05 Å². The first-order valence-corrected chi connectivity index (χ1v) is 6.82. The van der Waals surface area contributed by atoms with E-state index >= 15 is 0 Å². The van der Waals surface area contributed by atoms with Crippen LogP contribution in [-0.4, -0.2) is 28.0 Å². The quantitative estimate of drug-likeness (QED) is 0.647. The van der Waals surface area contributed by atoms with E-state index in [-0.39, 0.29) is 5.56 Å². The molecule has 0 spiro atoms. The number of anilines is 1. The van der Waals surface area contributed by atoms with Gasteiger partial charge in [0.1, 0.15) is 11.3 Å². The standard InChI is InChI=1S/C13H15N3O3S/c1-16-10(9(6-15-16)13(17)18)7-20-12-4-3-8(14)5-11(12)19-2/h3-6H,7,14H2,1-2H3,(H,17,18). The molecule has 0 amide bonds. The molecule has 20 heavy (non-hydrogen) atoms. The van der Waals surface area contributed by atoms with E-state index in [2.05, 4.69) is 5.10 Å². The van der Waals surface area contributed by atoms with Gasteiger partial charge in [0.05, 0.1) is 19.0 Å². The number of hydrogen-bond donors (Lipinski definition) is 2. The summed E-state index contributed by atoms with van der Waals surface area (Å²) in [5.41, 5.74) is 7.19. The van der Waals surface area contributed by atoms with E-state index in [1.807, 2.05) is 6.07 Å². The van der Waals surface area contributed by atoms with Crippen LogP contribution in [0.1, 0.15) is 16.1 Å². The first kappa shape index (κ1) is 14.3. The third kappa shape index (κ3) is 2.88. The molecule has 6 nitrogen and oxygen atoms in total. The highest BCUT2D eigenvalue weighted by Crippen LogP contribution is 2.33. The molecule has 3 N–H and O–H groups in total. The SMILES string of the molecule is COc1cc(N)ccc1SCc1c(C(=O)O)cnn1C. The Bertz CT molecular complexity index is 640. The van der Waals surface area contributed by atoms with Gasteiger partial charge < -0.3 is 15.6 Å². The summed E-state index contributed by atoms with van der Waals surface area (Å²) < 4.78 is 6.83. The van der Waals surface area contributed by atoms with Gasteiger partial charge >= 0.3 is 5.97 Å². The van der Waals surface area contributed by atoms with Gasteiger partial charge in [0, 0.05) is 29.4 Å². The van der Waals surface area contributed by atoms with E-state index in [4.69, 9.17) is 15.6 Å². The first-order valence-electron chi connectivity index (χ1n) is 5.83. The maximum Gasteiger partial charge on any atom is 0.339 e. The van der Waals surface area contributed by atoms with Crippen molar-refractivity contribution in [1.29, 1.82) is 0 Å². The molecule has 2 aromatic rings. The number of carbonyl (C=O) groups is 1. The molecule has 0 atom stereocenters. The fourth-order valence-corrected chi connectivity index (χ4v) is 2.85. The van der Waals surface area contributed by atoms with Gasteiger partial charge in [0.2, 0.25) is 0 Å². The zero-order valence-electron chi connectivity index (χ0n) is 11.2. The molecule has 1 aromatic heterocycles. The maximum atomic E-state index is 11.1. The van der Waals surface area contributed by atoms with Gasteiger partial charge in [-0.25, -0.2) is 4.79 Å². The van der Waals surface area contributed by atoms with E-state index < -0.39 is 5.97 Å². The molecule has 7 heteroatoms. The van der Waals surface area contributed by atoms with Gasteiger partial charge in [-0.2, -0.15) is 5.10 Å². The highest BCUT2D eigenvalue weighted by atomic mass is 32.2. The Hall–Kier alpha value is -2.15. The lowest BCUT2D eigenvalue weighted by Gasteiger charge is -2.09. The molecule has 0 aliphatic carbocycles. The van der Waals surface area contributed by atoms with Crippen LogP contribution in [0.25, 0.3) is 0 Å². The molecule has 2 rings (SSSR count). The lowest BCUT2D eigenvalue weighted by Crippen LogP contribution is -2.03. The van der Waals surface area contributed by atoms with Gasteiger partial charge in [-0.3, -0.25) is 4.68 Å². The number of carboxylic acid groups (broad SMARTS) is 1. The van der Waals surface area contributed by atoms with Crippen LogP contribution in [0, 0.1) is 0 Å². The summed E-state index contributed by atoms with van der Waals surface area (Å²) in [6, 6.07) is 5.38. The highest BCUT2D eigenvalue weighted by Gasteiger charge is 2.16. The van der Waals surface area contributed by atoms with Crippen LogP contribution in [-0.2, 0) is 12.8 Å². The average molecular weight is 293 g/mol. The number of nitrogens with two attached hydrogens (primary N) is 1. The number of hydrogen-bond acceptors (Lipinski definition) is 5. The van der Waals surface area contributed by atoms with Crippen molar-refractivity contribution < 1.29 is 14.6 Å². The fraction of sp³-hybridized carbons (Fsp3) is 0.231. The van der Waals surface area contributed by atoms with Gasteiger partial charge in [0.25, 0.3) is 0 Å². The number of benzene rings is 1. The number of nitrogens with zero attached hydrogens (tertiary/aromatic N) is 2. The maximum absolute atomic E-state index is 11.1. The topological polar surface area (TPSA) is 90.4 Å². The van der Waals surface area contributed by atoms with Gasteiger partial charge in [0.15, 0.2) is 0 Å². The molecular weight excluding hydrogens is 278 g/mol. The van der Waals surface area contributed by atoms with Gasteiger partial charge in [-0.15, -0.1) is 11.8 Å². The molecule has 0 aliphatic rings. The average Bonchev–Trinajstić information content (AvgIpc) is 2.78. The number of aryl methyl sites for hydroxylation is 1. The van der Waals surface area contributed by atoms with Crippen molar-refractivity contribution in [3.8, 4) is 5.75 Å². The van der Waals surface area contributed by atoms with E-state index in [1.165, 1.54) is 18.0 Å². The summed E-state index contributed by atoms with van der Waals surface area (Å²) in [6.45, 7) is 0. The third-order valence-corrected chi connectivity index (χ3v) is 3.91. The fourth-order valence-electron chi connectivity index (χ4n) is 1.76. The van der Waals surface area contributed by atoms with E-state index in [0.717, 1.165) is 4.90 Å². The zero-order valence-corrected chi connectivity index (χ0v) is 12.0. The summed E-state index contributed by atoms with van der Waals surface area (Å²) >= 11 is 1.48. The van der Waals surface area contributed by atoms with Crippen molar-refractivity contribution >= 4 is 23.4 Å². The molecule has 0 aliphatic heterocycles. The Morgan fingerprint density at radius 2 is 2.30 bits per heavy atom. The van der Waals surface area contributed by atoms with Crippen molar-refractivity contribution in [3.63, 3.8) is 0 Å². The number of aromatic carboxylic acids is 1. The number of rotatable bonds is 5. The normalized spacial score (nSPS) is 10.5. The van der Waals surface area contributed by atoms with E-state index in [0.29, 0.717) is 22.9 Å². The Morgan fingerprint density at radius 3 is 2.95 bits per heavy atom. The molecule has 1 heterocycles. The smallest absolute Gasteiger partial charge is 0.339 e. The second-order valence-electron chi connectivity index (χ2n) is 4.13. The van der Waals surface area contributed by atoms with Crippen LogP contribution in [0.2, 0.25) is 0 Å². The molecule has 0 saturated heterocycles. The van der Waals surface area contributed by atoms with E-state index in [1.54, 1.807) is 31.0 Å². The lowest BCUT2D eigenvalue weighted by atomic mass is 10.3. The van der Waals surface area contributed by atoms with Crippen molar-refractivity contribution in [1.82, 2.24) is 9.78 Å². The minimum atomic E-state index is -0.974. The van der Waals surface area contributed by atoms with Crippen molar-refractivity contribution in [3.05, 3.63) is 35.7 Å². The minimum Gasteiger partial charge on any atom is -0.496 e. The minimum absolute atomic E-state index is 0.217. The highest BCUT2D eigenvalue weighted by molar-refractivity contribution is 7.98. The Labute approximate surface area is 120 Å². The summed E-state index contributed by atoms with van der Waals surface area (Å²) in [7, 11) is 3.30. The summed E-state index contributed by atoms with van der Waals surface area (Å²) in [5, 5.41) is 13.1. The number of aromatic nitrogens is 2. The van der Waals surface area contributed by atoms with Crippen LogP contribution >= 0.6 is 11.8 Å². The van der Waals surface area contributed by atoms with Crippen LogP contribution in [0.3, 0.4) is 0 Å². The summed E-state index contributed by atoms with van der Waals surface area (Å²) in [6.07, 6.45) is 1.36. The van der Waals surface area contributed by atoms with Crippen LogP contribution in [0.5, 0.6) is 5.75 Å². The number of nitrogen functional groups attached to an aromatic ring is 1. The predicted molar refractivity (Wildman–Crippen MR) is 77.1 cm³/mol. The van der Waals surface area contributed by atoms with Crippen LogP contribution in [0.4, 0.5) is 5.69 Å². The second kappa shape index (κ2) is 5.87. The largest absolute Gasteiger partial charge is 0.496 e.